The highest BCUT2D eigenvalue weighted by Gasteiger charge is 2.25. The van der Waals surface area contributed by atoms with Crippen molar-refractivity contribution in [1.82, 2.24) is 15.2 Å². The zero-order valence-corrected chi connectivity index (χ0v) is 16.4. The van der Waals surface area contributed by atoms with Crippen LogP contribution in [0.2, 0.25) is 0 Å². The Morgan fingerprint density at radius 3 is 2.43 bits per heavy atom. The van der Waals surface area contributed by atoms with Crippen LogP contribution in [0, 0.1) is 0 Å². The third kappa shape index (κ3) is 3.17. The molecule has 1 N–H and O–H groups in total. The summed E-state index contributed by atoms with van der Waals surface area (Å²) in [4.78, 5) is 18.5. The number of rotatable bonds is 3. The summed E-state index contributed by atoms with van der Waals surface area (Å²) in [6, 6.07) is 15.4. The van der Waals surface area contributed by atoms with Crippen molar-refractivity contribution in [3.8, 4) is 22.7 Å². The van der Waals surface area contributed by atoms with Gasteiger partial charge in [-0.05, 0) is 45.0 Å². The average Bonchev–Trinajstić information content (AvgIpc) is 3.27. The standard InChI is InChI=1S/C22H22N4O2/c1-14(27)26(22(2,3)4)16-11-9-15(10-12-16)20-17(13-23-25-20)21-24-18-7-5-6-8-19(18)28-21/h5-13H,1-4H3,(H,23,25). The van der Waals surface area contributed by atoms with E-state index in [1.807, 2.05) is 69.3 Å². The normalized spacial score (nSPS) is 11.7. The van der Waals surface area contributed by atoms with Crippen LogP contribution < -0.4 is 4.90 Å². The minimum atomic E-state index is -0.303. The van der Waals surface area contributed by atoms with Gasteiger partial charge in [-0.15, -0.1) is 0 Å². The summed E-state index contributed by atoms with van der Waals surface area (Å²) in [5.41, 5.74) is 4.56. The van der Waals surface area contributed by atoms with E-state index in [0.717, 1.165) is 33.6 Å². The van der Waals surface area contributed by atoms with Gasteiger partial charge < -0.3 is 9.32 Å². The molecule has 6 nitrogen and oxygen atoms in total. The van der Waals surface area contributed by atoms with Crippen LogP contribution in [0.3, 0.4) is 0 Å². The zero-order chi connectivity index (χ0) is 19.9. The molecular formula is C22H22N4O2. The Hall–Kier alpha value is -3.41. The fourth-order valence-electron chi connectivity index (χ4n) is 3.47. The van der Waals surface area contributed by atoms with Gasteiger partial charge in [0, 0.05) is 29.9 Å². The molecule has 0 aliphatic heterocycles. The second-order valence-electron chi connectivity index (χ2n) is 7.71. The predicted molar refractivity (Wildman–Crippen MR) is 110 cm³/mol. The molecule has 28 heavy (non-hydrogen) atoms. The number of H-pyrrole nitrogens is 1. The number of carbonyl (C=O) groups is 1. The molecule has 0 atom stereocenters. The van der Waals surface area contributed by atoms with Crippen LogP contribution in [0.15, 0.2) is 59.1 Å². The van der Waals surface area contributed by atoms with E-state index in [2.05, 4.69) is 15.2 Å². The molecule has 2 aromatic carbocycles. The van der Waals surface area contributed by atoms with Crippen LogP contribution in [0.5, 0.6) is 0 Å². The molecular weight excluding hydrogens is 352 g/mol. The third-order valence-electron chi connectivity index (χ3n) is 4.55. The molecule has 1 amide bonds. The fourth-order valence-corrected chi connectivity index (χ4v) is 3.47. The van der Waals surface area contributed by atoms with Gasteiger partial charge in [0.05, 0.1) is 5.56 Å². The van der Waals surface area contributed by atoms with Gasteiger partial charge in [-0.25, -0.2) is 4.98 Å². The number of oxazole rings is 1. The second kappa shape index (κ2) is 6.64. The van der Waals surface area contributed by atoms with Crippen molar-refractivity contribution in [3.05, 3.63) is 54.7 Å². The number of nitrogens with one attached hydrogen (secondary N) is 1. The first-order valence-electron chi connectivity index (χ1n) is 9.15. The largest absolute Gasteiger partial charge is 0.436 e. The van der Waals surface area contributed by atoms with Crippen molar-refractivity contribution in [2.24, 2.45) is 0 Å². The number of hydrogen-bond acceptors (Lipinski definition) is 4. The molecule has 0 aliphatic rings. The highest BCUT2D eigenvalue weighted by atomic mass is 16.3. The molecule has 4 aromatic rings. The average molecular weight is 374 g/mol. The number of benzene rings is 2. The number of para-hydroxylation sites is 2. The van der Waals surface area contributed by atoms with Crippen LogP contribution in [0.4, 0.5) is 5.69 Å². The van der Waals surface area contributed by atoms with Crippen molar-refractivity contribution in [1.29, 1.82) is 0 Å². The van der Waals surface area contributed by atoms with E-state index in [1.165, 1.54) is 0 Å². The Kier molecular flexibility index (Phi) is 4.26. The number of nitrogens with zero attached hydrogens (tertiary/aromatic N) is 3. The zero-order valence-electron chi connectivity index (χ0n) is 16.4. The lowest BCUT2D eigenvalue weighted by molar-refractivity contribution is -0.117. The summed E-state index contributed by atoms with van der Waals surface area (Å²) in [7, 11) is 0. The monoisotopic (exact) mass is 374 g/mol. The Balaban J connectivity index is 1.71. The highest BCUT2D eigenvalue weighted by molar-refractivity contribution is 5.93. The fraction of sp³-hybridized carbons (Fsp3) is 0.227. The molecule has 6 heteroatoms. The second-order valence-corrected chi connectivity index (χ2v) is 7.71. The first kappa shape index (κ1) is 18.0. The van der Waals surface area contributed by atoms with E-state index < -0.39 is 0 Å². The number of hydrogen-bond donors (Lipinski definition) is 1. The number of amides is 1. The van der Waals surface area contributed by atoms with Crippen LogP contribution in [0.25, 0.3) is 33.8 Å². The van der Waals surface area contributed by atoms with Crippen LogP contribution >= 0.6 is 0 Å². The van der Waals surface area contributed by atoms with Crippen LogP contribution in [0.1, 0.15) is 27.7 Å². The van der Waals surface area contributed by atoms with Gasteiger partial charge in [0.2, 0.25) is 11.8 Å². The highest BCUT2D eigenvalue weighted by Crippen LogP contribution is 2.33. The van der Waals surface area contributed by atoms with Crippen molar-refractivity contribution < 1.29 is 9.21 Å². The Morgan fingerprint density at radius 1 is 1.07 bits per heavy atom. The Morgan fingerprint density at radius 2 is 1.79 bits per heavy atom. The minimum Gasteiger partial charge on any atom is -0.436 e. The molecule has 0 unspecified atom stereocenters. The number of anilines is 1. The first-order valence-corrected chi connectivity index (χ1v) is 9.15. The number of aromatic amines is 1. The third-order valence-corrected chi connectivity index (χ3v) is 4.55. The molecule has 0 spiro atoms. The number of carbonyl (C=O) groups excluding carboxylic acids is 1. The summed E-state index contributed by atoms with van der Waals surface area (Å²) < 4.78 is 5.89. The molecule has 0 aliphatic carbocycles. The van der Waals surface area contributed by atoms with Gasteiger partial charge >= 0.3 is 0 Å². The maximum Gasteiger partial charge on any atom is 0.231 e. The van der Waals surface area contributed by atoms with Crippen molar-refractivity contribution >= 4 is 22.7 Å². The summed E-state index contributed by atoms with van der Waals surface area (Å²) in [5.74, 6) is 0.529. The van der Waals surface area contributed by atoms with E-state index >= 15 is 0 Å². The molecule has 0 radical (unpaired) electrons. The predicted octanol–water partition coefficient (Wildman–Crippen LogP) is 5.04. The van der Waals surface area contributed by atoms with Crippen molar-refractivity contribution in [2.45, 2.75) is 33.2 Å². The molecule has 4 rings (SSSR count). The Bertz CT molecular complexity index is 1100. The van der Waals surface area contributed by atoms with Crippen molar-refractivity contribution in [3.63, 3.8) is 0 Å². The quantitative estimate of drug-likeness (QED) is 0.545. The van der Waals surface area contributed by atoms with Gasteiger partial charge in [-0.1, -0.05) is 24.3 Å². The lowest BCUT2D eigenvalue weighted by Gasteiger charge is -2.35. The maximum atomic E-state index is 12.1. The molecule has 0 bridgehead atoms. The summed E-state index contributed by atoms with van der Waals surface area (Å²) in [6.07, 6.45) is 1.78. The first-order chi connectivity index (χ1) is 13.3. The van der Waals surface area contributed by atoms with E-state index in [9.17, 15) is 4.79 Å². The van der Waals surface area contributed by atoms with Gasteiger partial charge in [-0.3, -0.25) is 9.89 Å². The van der Waals surface area contributed by atoms with E-state index in [0.29, 0.717) is 5.89 Å². The van der Waals surface area contributed by atoms with E-state index in [4.69, 9.17) is 4.42 Å². The topological polar surface area (TPSA) is 75.0 Å². The smallest absolute Gasteiger partial charge is 0.231 e. The number of aromatic nitrogens is 3. The van der Waals surface area contributed by atoms with Gasteiger partial charge in [0.25, 0.3) is 0 Å². The van der Waals surface area contributed by atoms with Crippen molar-refractivity contribution in [2.75, 3.05) is 4.90 Å². The summed E-state index contributed by atoms with van der Waals surface area (Å²) >= 11 is 0. The minimum absolute atomic E-state index is 0.00665. The molecule has 0 fully saturated rings. The molecule has 2 aromatic heterocycles. The number of fused-ring (bicyclic) bond motifs is 1. The van der Waals surface area contributed by atoms with Gasteiger partial charge in [0.1, 0.15) is 11.2 Å². The van der Waals surface area contributed by atoms with E-state index in [-0.39, 0.29) is 11.4 Å². The molecule has 142 valence electrons. The summed E-state index contributed by atoms with van der Waals surface area (Å²) in [5, 5.41) is 7.29. The van der Waals surface area contributed by atoms with Crippen LogP contribution in [-0.2, 0) is 4.79 Å². The van der Waals surface area contributed by atoms with Gasteiger partial charge in [0.15, 0.2) is 5.58 Å². The molecule has 2 heterocycles. The van der Waals surface area contributed by atoms with Gasteiger partial charge in [-0.2, -0.15) is 5.10 Å². The molecule has 0 saturated heterocycles. The summed E-state index contributed by atoms with van der Waals surface area (Å²) in [6.45, 7) is 7.63. The Labute approximate surface area is 163 Å². The van der Waals surface area contributed by atoms with Crippen LogP contribution in [-0.4, -0.2) is 26.6 Å². The molecule has 0 saturated carbocycles. The SMILES string of the molecule is CC(=O)N(c1ccc(-c2n[nH]cc2-c2nc3ccccc3o2)cc1)C(C)(C)C. The van der Waals surface area contributed by atoms with E-state index in [1.54, 1.807) is 18.0 Å². The lowest BCUT2D eigenvalue weighted by atomic mass is 10.0. The lowest BCUT2D eigenvalue weighted by Crippen LogP contribution is -2.44. The maximum absolute atomic E-state index is 12.1.